The van der Waals surface area contributed by atoms with Gasteiger partial charge in [-0.25, -0.2) is 0 Å². The van der Waals surface area contributed by atoms with E-state index in [4.69, 9.17) is 4.74 Å². The van der Waals surface area contributed by atoms with Crippen molar-refractivity contribution in [2.75, 3.05) is 18.6 Å². The number of hydrogen-bond donors (Lipinski definition) is 0. The monoisotopic (exact) mass is 298 g/mol. The van der Waals surface area contributed by atoms with Crippen LogP contribution in [0.1, 0.15) is 16.7 Å². The number of anilines is 1. The molecule has 3 rings (SSSR count). The summed E-state index contributed by atoms with van der Waals surface area (Å²) in [6.45, 7) is 3.49. The van der Waals surface area contributed by atoms with Gasteiger partial charge in [0.05, 0.1) is 12.0 Å². The van der Waals surface area contributed by atoms with Crippen molar-refractivity contribution in [2.45, 2.75) is 19.9 Å². The number of nitrogens with zero attached hydrogens (tertiary/aromatic N) is 2. The molecule has 22 heavy (non-hydrogen) atoms. The molecule has 0 unspecified atom stereocenters. The predicted octanol–water partition coefficient (Wildman–Crippen LogP) is 3.47. The summed E-state index contributed by atoms with van der Waals surface area (Å²) in [7, 11) is 1.67. The highest BCUT2D eigenvalue weighted by molar-refractivity contribution is 5.57. The molecule has 0 saturated carbocycles. The second-order valence-corrected chi connectivity index (χ2v) is 5.53. The van der Waals surface area contributed by atoms with E-state index in [1.807, 2.05) is 18.2 Å². The molecule has 5 heteroatoms. The Labute approximate surface area is 129 Å². The maximum absolute atomic E-state index is 10.9. The fraction of sp³-hybridized carbons (Fsp3) is 0.294. The number of ether oxygens (including phenoxy) is 1. The highest BCUT2D eigenvalue weighted by Gasteiger charge is 2.19. The Morgan fingerprint density at radius 1 is 1.18 bits per heavy atom. The third-order valence-electron chi connectivity index (χ3n) is 4.17. The number of fused-ring (bicyclic) bond motifs is 1. The lowest BCUT2D eigenvalue weighted by Crippen LogP contribution is -2.30. The van der Waals surface area contributed by atoms with Crippen LogP contribution in [0.25, 0.3) is 0 Å². The van der Waals surface area contributed by atoms with Gasteiger partial charge in [0.2, 0.25) is 0 Å². The number of aryl methyl sites for hydroxylation is 1. The van der Waals surface area contributed by atoms with Gasteiger partial charge in [-0.15, -0.1) is 0 Å². The summed E-state index contributed by atoms with van der Waals surface area (Å²) in [4.78, 5) is 12.8. The molecule has 0 fully saturated rings. The largest absolute Gasteiger partial charge is 0.497 e. The van der Waals surface area contributed by atoms with Crippen LogP contribution in [0.4, 0.5) is 11.4 Å². The fourth-order valence-electron chi connectivity index (χ4n) is 2.92. The van der Waals surface area contributed by atoms with E-state index in [0.29, 0.717) is 5.56 Å². The van der Waals surface area contributed by atoms with E-state index in [9.17, 15) is 10.1 Å². The Balaban J connectivity index is 1.88. The molecule has 1 aliphatic heterocycles. The Morgan fingerprint density at radius 2 is 2.00 bits per heavy atom. The van der Waals surface area contributed by atoms with Crippen LogP contribution in [0.2, 0.25) is 0 Å². The summed E-state index contributed by atoms with van der Waals surface area (Å²) < 4.78 is 5.29. The van der Waals surface area contributed by atoms with Crippen LogP contribution in [0.5, 0.6) is 5.75 Å². The predicted molar refractivity (Wildman–Crippen MR) is 85.6 cm³/mol. The molecule has 0 aliphatic carbocycles. The molecule has 0 atom stereocenters. The topological polar surface area (TPSA) is 55.6 Å². The second kappa shape index (κ2) is 5.67. The van der Waals surface area contributed by atoms with Gasteiger partial charge in [-0.05, 0) is 48.7 Å². The van der Waals surface area contributed by atoms with Gasteiger partial charge in [0.25, 0.3) is 5.69 Å². The van der Waals surface area contributed by atoms with Crippen molar-refractivity contribution in [2.24, 2.45) is 0 Å². The lowest BCUT2D eigenvalue weighted by Gasteiger charge is -2.31. The molecule has 0 N–H and O–H groups in total. The van der Waals surface area contributed by atoms with Gasteiger partial charge in [-0.1, -0.05) is 6.07 Å². The second-order valence-electron chi connectivity index (χ2n) is 5.53. The van der Waals surface area contributed by atoms with Crippen molar-refractivity contribution in [3.63, 3.8) is 0 Å². The molecule has 0 radical (unpaired) electrons. The lowest BCUT2D eigenvalue weighted by molar-refractivity contribution is -0.385. The summed E-state index contributed by atoms with van der Waals surface area (Å²) in [5, 5.41) is 10.9. The maximum Gasteiger partial charge on any atom is 0.272 e. The summed E-state index contributed by atoms with van der Waals surface area (Å²) in [5.41, 5.74) is 4.48. The van der Waals surface area contributed by atoms with Gasteiger partial charge in [0.15, 0.2) is 0 Å². The van der Waals surface area contributed by atoms with Gasteiger partial charge in [0, 0.05) is 30.4 Å². The maximum atomic E-state index is 10.9. The van der Waals surface area contributed by atoms with Gasteiger partial charge in [-0.3, -0.25) is 10.1 Å². The molecule has 1 heterocycles. The molecule has 5 nitrogen and oxygen atoms in total. The first-order valence-electron chi connectivity index (χ1n) is 7.24. The molecule has 0 saturated heterocycles. The summed E-state index contributed by atoms with van der Waals surface area (Å²) >= 11 is 0. The Kier molecular flexibility index (Phi) is 3.71. The van der Waals surface area contributed by atoms with Crippen molar-refractivity contribution >= 4 is 11.4 Å². The third kappa shape index (κ3) is 2.62. The Bertz CT molecular complexity index is 728. The van der Waals surface area contributed by atoms with E-state index < -0.39 is 0 Å². The smallest absolute Gasteiger partial charge is 0.272 e. The van der Waals surface area contributed by atoms with Crippen LogP contribution in [-0.4, -0.2) is 18.6 Å². The van der Waals surface area contributed by atoms with Crippen LogP contribution in [0.3, 0.4) is 0 Å². The third-order valence-corrected chi connectivity index (χ3v) is 4.17. The van der Waals surface area contributed by atoms with Gasteiger partial charge in [-0.2, -0.15) is 0 Å². The number of nitro benzene ring substituents is 1. The van der Waals surface area contributed by atoms with Crippen LogP contribution < -0.4 is 9.64 Å². The normalized spacial score (nSPS) is 13.6. The molecule has 0 aromatic heterocycles. The zero-order chi connectivity index (χ0) is 15.7. The number of methoxy groups -OCH3 is 1. The zero-order valence-corrected chi connectivity index (χ0v) is 12.7. The quantitative estimate of drug-likeness (QED) is 0.643. The van der Waals surface area contributed by atoms with Crippen molar-refractivity contribution in [3.05, 3.63) is 63.2 Å². The SMILES string of the molecule is COc1ccc2c(c1)CN(c1ccc([N+](=O)[O-])c(C)c1)CC2. The van der Waals surface area contributed by atoms with Crippen molar-refractivity contribution in [3.8, 4) is 5.75 Å². The van der Waals surface area contributed by atoms with E-state index in [1.165, 1.54) is 11.1 Å². The molecule has 2 aromatic rings. The Morgan fingerprint density at radius 3 is 2.68 bits per heavy atom. The number of nitro groups is 1. The van der Waals surface area contributed by atoms with Crippen molar-refractivity contribution < 1.29 is 9.66 Å². The van der Waals surface area contributed by atoms with Gasteiger partial charge in [0.1, 0.15) is 5.75 Å². The van der Waals surface area contributed by atoms with E-state index in [2.05, 4.69) is 17.0 Å². The lowest BCUT2D eigenvalue weighted by atomic mass is 9.98. The fourth-order valence-corrected chi connectivity index (χ4v) is 2.92. The molecule has 0 bridgehead atoms. The average Bonchev–Trinajstić information content (AvgIpc) is 2.53. The van der Waals surface area contributed by atoms with Crippen molar-refractivity contribution in [1.82, 2.24) is 0 Å². The summed E-state index contributed by atoms with van der Waals surface area (Å²) in [5.74, 6) is 0.862. The van der Waals surface area contributed by atoms with Crippen LogP contribution in [-0.2, 0) is 13.0 Å². The standard InChI is InChI=1S/C17H18N2O3/c1-12-9-15(4-6-17(12)19(20)21)18-8-7-13-3-5-16(22-2)10-14(13)11-18/h3-6,9-10H,7-8,11H2,1-2H3. The highest BCUT2D eigenvalue weighted by atomic mass is 16.6. The number of hydrogen-bond acceptors (Lipinski definition) is 4. The molecular formula is C17H18N2O3. The highest BCUT2D eigenvalue weighted by Crippen LogP contribution is 2.30. The summed E-state index contributed by atoms with van der Waals surface area (Å²) in [6.07, 6.45) is 0.968. The molecular weight excluding hydrogens is 280 g/mol. The minimum absolute atomic E-state index is 0.169. The van der Waals surface area contributed by atoms with Crippen LogP contribution in [0.15, 0.2) is 36.4 Å². The van der Waals surface area contributed by atoms with Crippen LogP contribution >= 0.6 is 0 Å². The average molecular weight is 298 g/mol. The minimum Gasteiger partial charge on any atom is -0.497 e. The van der Waals surface area contributed by atoms with E-state index in [-0.39, 0.29) is 10.6 Å². The Hall–Kier alpha value is -2.56. The van der Waals surface area contributed by atoms with Gasteiger partial charge < -0.3 is 9.64 Å². The zero-order valence-electron chi connectivity index (χ0n) is 12.7. The molecule has 0 spiro atoms. The molecule has 0 amide bonds. The number of benzene rings is 2. The molecule has 1 aliphatic rings. The van der Waals surface area contributed by atoms with E-state index in [1.54, 1.807) is 20.1 Å². The van der Waals surface area contributed by atoms with E-state index in [0.717, 1.165) is 30.9 Å². The molecule has 2 aromatic carbocycles. The first kappa shape index (κ1) is 14.4. The van der Waals surface area contributed by atoms with Gasteiger partial charge >= 0.3 is 0 Å². The van der Waals surface area contributed by atoms with Crippen LogP contribution in [0, 0.1) is 17.0 Å². The van der Waals surface area contributed by atoms with Crippen molar-refractivity contribution in [1.29, 1.82) is 0 Å². The first-order valence-corrected chi connectivity index (χ1v) is 7.24. The number of rotatable bonds is 3. The van der Waals surface area contributed by atoms with E-state index >= 15 is 0 Å². The molecule has 114 valence electrons. The first-order chi connectivity index (χ1) is 10.6. The summed E-state index contributed by atoms with van der Waals surface area (Å²) in [6, 6.07) is 11.5. The minimum atomic E-state index is -0.338.